The molecule has 1 atom stereocenters. The van der Waals surface area contributed by atoms with Gasteiger partial charge >= 0.3 is 6.18 Å². The standard InChI is InChI=1S/C22H13BrF3N3O/c23-15-10-6-9-14-18(15)20-27-16-11-4-5-12-17(16)29(20)21(19(14)30,22(24,25)26)28-13-7-2-1-3-8-13/h1-12,28H. The number of Topliss-reactive ketones (excluding diaryl/α,β-unsaturated/α-hetero) is 1. The van der Waals surface area contributed by atoms with Crippen LogP contribution in [0.2, 0.25) is 0 Å². The molecule has 3 aromatic carbocycles. The van der Waals surface area contributed by atoms with Gasteiger partial charge in [-0.3, -0.25) is 9.36 Å². The maximum absolute atomic E-state index is 14.9. The van der Waals surface area contributed by atoms with E-state index in [1.165, 1.54) is 24.3 Å². The van der Waals surface area contributed by atoms with E-state index in [-0.39, 0.29) is 22.6 Å². The Morgan fingerprint density at radius 1 is 0.933 bits per heavy atom. The zero-order valence-corrected chi connectivity index (χ0v) is 16.8. The molecule has 1 unspecified atom stereocenters. The van der Waals surface area contributed by atoms with Gasteiger partial charge in [0, 0.05) is 21.3 Å². The van der Waals surface area contributed by atoms with Crippen LogP contribution >= 0.6 is 15.9 Å². The number of hydrogen-bond donors (Lipinski definition) is 1. The number of fused-ring (bicyclic) bond motifs is 5. The largest absolute Gasteiger partial charge is 0.438 e. The minimum absolute atomic E-state index is 0.0482. The number of para-hydroxylation sites is 3. The molecular formula is C22H13BrF3N3O. The zero-order chi connectivity index (χ0) is 21.1. The number of rotatable bonds is 2. The summed E-state index contributed by atoms with van der Waals surface area (Å²) in [6.45, 7) is 0. The number of carbonyl (C=O) groups is 1. The molecule has 5 rings (SSSR count). The van der Waals surface area contributed by atoms with Gasteiger partial charge in [0.15, 0.2) is 0 Å². The van der Waals surface area contributed by atoms with Crippen LogP contribution in [-0.4, -0.2) is 21.5 Å². The van der Waals surface area contributed by atoms with Crippen molar-refractivity contribution in [2.75, 3.05) is 5.32 Å². The fourth-order valence-electron chi connectivity index (χ4n) is 3.94. The Bertz CT molecular complexity index is 1300. The molecule has 1 N–H and O–H groups in total. The Hall–Kier alpha value is -3.13. The number of hydrogen-bond acceptors (Lipinski definition) is 3. The van der Waals surface area contributed by atoms with E-state index in [9.17, 15) is 18.0 Å². The van der Waals surface area contributed by atoms with Gasteiger partial charge in [-0.25, -0.2) is 4.98 Å². The van der Waals surface area contributed by atoms with Crippen LogP contribution in [0, 0.1) is 0 Å². The fraction of sp³-hybridized carbons (Fsp3) is 0.0909. The maximum Gasteiger partial charge on any atom is 0.438 e. The SMILES string of the molecule is O=C1c2cccc(Br)c2-c2nc3ccccc3n2C1(Nc1ccccc1)C(F)(F)F. The molecule has 0 spiro atoms. The van der Waals surface area contributed by atoms with Crippen molar-refractivity contribution in [3.05, 3.63) is 82.8 Å². The van der Waals surface area contributed by atoms with E-state index in [1.807, 2.05) is 0 Å². The highest BCUT2D eigenvalue weighted by atomic mass is 79.9. The van der Waals surface area contributed by atoms with Crippen molar-refractivity contribution in [2.24, 2.45) is 0 Å². The lowest BCUT2D eigenvalue weighted by atomic mass is 9.88. The highest BCUT2D eigenvalue weighted by Gasteiger charge is 2.65. The topological polar surface area (TPSA) is 46.9 Å². The number of benzene rings is 3. The first-order valence-corrected chi connectivity index (χ1v) is 9.85. The molecule has 4 aromatic rings. The number of alkyl halides is 3. The van der Waals surface area contributed by atoms with E-state index in [4.69, 9.17) is 0 Å². The van der Waals surface area contributed by atoms with Crippen LogP contribution in [0.15, 0.2) is 77.3 Å². The third-order valence-electron chi connectivity index (χ3n) is 5.22. The number of nitrogens with one attached hydrogen (secondary N) is 1. The molecule has 0 aliphatic carbocycles. The van der Waals surface area contributed by atoms with E-state index in [0.29, 0.717) is 15.6 Å². The molecule has 2 heterocycles. The number of nitrogens with zero attached hydrogens (tertiary/aromatic N) is 2. The summed E-state index contributed by atoms with van der Waals surface area (Å²) in [7, 11) is 0. The molecule has 150 valence electrons. The average Bonchev–Trinajstić information content (AvgIpc) is 3.10. The van der Waals surface area contributed by atoms with Crippen LogP contribution < -0.4 is 5.32 Å². The zero-order valence-electron chi connectivity index (χ0n) is 15.2. The van der Waals surface area contributed by atoms with Gasteiger partial charge in [0.05, 0.1) is 11.0 Å². The third-order valence-corrected chi connectivity index (χ3v) is 5.88. The van der Waals surface area contributed by atoms with Gasteiger partial charge in [-0.15, -0.1) is 0 Å². The number of anilines is 1. The Morgan fingerprint density at radius 2 is 1.63 bits per heavy atom. The number of ketones is 1. The maximum atomic E-state index is 14.9. The lowest BCUT2D eigenvalue weighted by molar-refractivity contribution is -0.186. The van der Waals surface area contributed by atoms with Gasteiger partial charge in [-0.1, -0.05) is 58.4 Å². The normalized spacial score (nSPS) is 18.2. The fourth-order valence-corrected chi connectivity index (χ4v) is 4.48. The molecule has 0 bridgehead atoms. The van der Waals surface area contributed by atoms with Gasteiger partial charge in [-0.2, -0.15) is 13.2 Å². The lowest BCUT2D eigenvalue weighted by Crippen LogP contribution is -2.61. The van der Waals surface area contributed by atoms with Crippen LogP contribution in [0.4, 0.5) is 18.9 Å². The number of halogens is 4. The third kappa shape index (κ3) is 2.46. The van der Waals surface area contributed by atoms with Gasteiger partial charge in [0.25, 0.3) is 5.66 Å². The van der Waals surface area contributed by atoms with Gasteiger partial charge in [-0.05, 0) is 30.3 Å². The number of aromatic nitrogens is 2. The van der Waals surface area contributed by atoms with Crippen molar-refractivity contribution in [3.8, 4) is 11.4 Å². The quantitative estimate of drug-likeness (QED) is 0.390. The summed E-state index contributed by atoms with van der Waals surface area (Å²) in [6, 6.07) is 19.0. The molecule has 0 saturated heterocycles. The van der Waals surface area contributed by atoms with Gasteiger partial charge in [0.2, 0.25) is 5.78 Å². The summed E-state index contributed by atoms with van der Waals surface area (Å²) >= 11 is 3.38. The second kappa shape index (κ2) is 6.43. The molecular weight excluding hydrogens is 459 g/mol. The summed E-state index contributed by atoms with van der Waals surface area (Å²) in [5, 5.41) is 2.51. The van der Waals surface area contributed by atoms with Crippen molar-refractivity contribution < 1.29 is 18.0 Å². The van der Waals surface area contributed by atoms with Crippen molar-refractivity contribution in [2.45, 2.75) is 11.8 Å². The number of carbonyl (C=O) groups excluding carboxylic acids is 1. The molecule has 0 amide bonds. The van der Waals surface area contributed by atoms with Crippen LogP contribution in [0.25, 0.3) is 22.4 Å². The first-order valence-electron chi connectivity index (χ1n) is 9.06. The average molecular weight is 472 g/mol. The van der Waals surface area contributed by atoms with Crippen molar-refractivity contribution >= 4 is 38.4 Å². The molecule has 1 aliphatic heterocycles. The Balaban J connectivity index is 1.94. The molecule has 4 nitrogen and oxygen atoms in total. The summed E-state index contributed by atoms with van der Waals surface area (Å²) < 4.78 is 46.1. The van der Waals surface area contributed by atoms with E-state index >= 15 is 0 Å². The van der Waals surface area contributed by atoms with Gasteiger partial charge in [0.1, 0.15) is 5.82 Å². The number of imidazole rings is 1. The van der Waals surface area contributed by atoms with Crippen LogP contribution in [0.1, 0.15) is 10.4 Å². The monoisotopic (exact) mass is 471 g/mol. The van der Waals surface area contributed by atoms with Crippen molar-refractivity contribution in [3.63, 3.8) is 0 Å². The second-order valence-electron chi connectivity index (χ2n) is 6.95. The van der Waals surface area contributed by atoms with E-state index in [0.717, 1.165) is 4.57 Å². The Labute approximate surface area is 177 Å². The Morgan fingerprint density at radius 3 is 2.37 bits per heavy atom. The predicted molar refractivity (Wildman–Crippen MR) is 111 cm³/mol. The smallest absolute Gasteiger partial charge is 0.348 e. The van der Waals surface area contributed by atoms with Crippen LogP contribution in [0.5, 0.6) is 0 Å². The van der Waals surface area contributed by atoms with Gasteiger partial charge < -0.3 is 5.32 Å². The predicted octanol–water partition coefficient (Wildman–Crippen LogP) is 5.99. The van der Waals surface area contributed by atoms with Crippen LogP contribution in [-0.2, 0) is 5.66 Å². The summed E-state index contributed by atoms with van der Waals surface area (Å²) in [5.74, 6) is -1.02. The molecule has 0 saturated carbocycles. The second-order valence-corrected chi connectivity index (χ2v) is 7.80. The minimum Gasteiger partial charge on any atom is -0.348 e. The Kier molecular flexibility index (Phi) is 4.05. The summed E-state index contributed by atoms with van der Waals surface area (Å²) in [6.07, 6.45) is -4.96. The molecule has 1 aliphatic rings. The first kappa shape index (κ1) is 18.9. The molecule has 8 heteroatoms. The molecule has 0 radical (unpaired) electrons. The first-order chi connectivity index (χ1) is 14.3. The summed E-state index contributed by atoms with van der Waals surface area (Å²) in [4.78, 5) is 18.1. The van der Waals surface area contributed by atoms with Crippen molar-refractivity contribution in [1.82, 2.24) is 9.55 Å². The van der Waals surface area contributed by atoms with E-state index in [2.05, 4.69) is 26.2 Å². The highest BCUT2D eigenvalue weighted by molar-refractivity contribution is 9.10. The van der Waals surface area contributed by atoms with Crippen LogP contribution in [0.3, 0.4) is 0 Å². The molecule has 30 heavy (non-hydrogen) atoms. The highest BCUT2D eigenvalue weighted by Crippen LogP contribution is 2.50. The summed E-state index contributed by atoms with van der Waals surface area (Å²) in [5.41, 5.74) is -2.00. The van der Waals surface area contributed by atoms with E-state index in [1.54, 1.807) is 48.5 Å². The van der Waals surface area contributed by atoms with Crippen molar-refractivity contribution in [1.29, 1.82) is 0 Å². The molecule has 0 fully saturated rings. The molecule has 1 aromatic heterocycles. The lowest BCUT2D eigenvalue weighted by Gasteiger charge is -2.41. The minimum atomic E-state index is -4.96. The van der Waals surface area contributed by atoms with E-state index < -0.39 is 17.6 Å².